The third-order valence-corrected chi connectivity index (χ3v) is 5.33. The molecule has 0 saturated carbocycles. The van der Waals surface area contributed by atoms with E-state index in [9.17, 15) is 13.2 Å². The molecule has 2 rings (SSSR count). The fourth-order valence-corrected chi connectivity index (χ4v) is 3.47. The zero-order chi connectivity index (χ0) is 15.3. The van der Waals surface area contributed by atoms with Crippen LogP contribution in [0.1, 0.15) is 6.42 Å². The summed E-state index contributed by atoms with van der Waals surface area (Å²) < 4.78 is 24.1. The summed E-state index contributed by atoms with van der Waals surface area (Å²) in [7, 11) is -1.27. The van der Waals surface area contributed by atoms with Crippen LogP contribution in [0, 0.1) is 0 Å². The largest absolute Gasteiger partial charge is 0.335 e. The van der Waals surface area contributed by atoms with E-state index in [0.29, 0.717) is 0 Å². The number of hydrazine groups is 1. The van der Waals surface area contributed by atoms with E-state index in [4.69, 9.17) is 0 Å². The first kappa shape index (κ1) is 15.9. The maximum atomic E-state index is 12.1. The fraction of sp³-hybridized carbons (Fsp3) is 0.500. The minimum atomic E-state index is -3.39. The molecule has 1 aromatic carbocycles. The Bertz CT molecular complexity index is 566. The first-order valence-corrected chi connectivity index (χ1v) is 8.76. The average Bonchev–Trinajstić information content (AvgIpc) is 2.49. The van der Waals surface area contributed by atoms with Crippen LogP contribution in [0.25, 0.3) is 0 Å². The summed E-state index contributed by atoms with van der Waals surface area (Å²) >= 11 is 0. The fourth-order valence-electron chi connectivity index (χ4n) is 2.21. The smallest absolute Gasteiger partial charge is 0.235 e. The second kappa shape index (κ2) is 7.02. The summed E-state index contributed by atoms with van der Waals surface area (Å²) in [5, 5.41) is 1.87. The maximum absolute atomic E-state index is 12.1. The lowest BCUT2D eigenvalue weighted by Crippen LogP contribution is -3.12. The van der Waals surface area contributed by atoms with Crippen LogP contribution in [0.3, 0.4) is 0 Å². The molecule has 7 heteroatoms. The number of sulfone groups is 1. The number of carbonyl (C=O) groups excluding carboxylic acids is 1. The number of nitrogens with one attached hydrogen (secondary N) is 2. The Labute approximate surface area is 125 Å². The summed E-state index contributed by atoms with van der Waals surface area (Å²) in [6.07, 6.45) is -0.0174. The van der Waals surface area contributed by atoms with Crippen molar-refractivity contribution in [1.82, 2.24) is 10.4 Å². The van der Waals surface area contributed by atoms with Crippen LogP contribution in [0.15, 0.2) is 35.2 Å². The third kappa shape index (κ3) is 4.80. The molecule has 1 aromatic rings. The molecule has 1 saturated heterocycles. The van der Waals surface area contributed by atoms with Crippen molar-refractivity contribution in [1.29, 1.82) is 0 Å². The van der Waals surface area contributed by atoms with E-state index in [1.807, 2.05) is 5.01 Å². The van der Waals surface area contributed by atoms with Crippen molar-refractivity contribution in [3.63, 3.8) is 0 Å². The Balaban J connectivity index is 1.81. The van der Waals surface area contributed by atoms with Crippen LogP contribution in [0.4, 0.5) is 0 Å². The van der Waals surface area contributed by atoms with Crippen molar-refractivity contribution >= 4 is 15.7 Å². The number of amides is 1. The van der Waals surface area contributed by atoms with Gasteiger partial charge in [0, 0.05) is 6.42 Å². The van der Waals surface area contributed by atoms with Crippen molar-refractivity contribution in [2.75, 3.05) is 39.0 Å². The molecule has 0 aromatic heterocycles. The highest BCUT2D eigenvalue weighted by atomic mass is 32.2. The minimum absolute atomic E-state index is 0.0174. The van der Waals surface area contributed by atoms with Gasteiger partial charge in [-0.05, 0) is 12.1 Å². The average molecular weight is 312 g/mol. The summed E-state index contributed by atoms with van der Waals surface area (Å²) in [5.74, 6) is -0.406. The lowest BCUT2D eigenvalue weighted by Gasteiger charge is -2.30. The Hall–Kier alpha value is -1.44. The monoisotopic (exact) mass is 312 g/mol. The molecule has 0 bridgehead atoms. The summed E-state index contributed by atoms with van der Waals surface area (Å²) in [5.41, 5.74) is 2.78. The molecule has 1 aliphatic rings. The molecule has 0 radical (unpaired) electrons. The van der Waals surface area contributed by atoms with Crippen LogP contribution < -0.4 is 10.3 Å². The number of carbonyl (C=O) groups is 1. The van der Waals surface area contributed by atoms with Gasteiger partial charge in [-0.3, -0.25) is 10.2 Å². The molecule has 0 aliphatic carbocycles. The van der Waals surface area contributed by atoms with Gasteiger partial charge in [-0.2, -0.15) is 0 Å². The molecular weight excluding hydrogens is 290 g/mol. The first-order valence-electron chi connectivity index (χ1n) is 7.11. The molecule has 1 amide bonds. The van der Waals surface area contributed by atoms with Gasteiger partial charge < -0.3 is 4.90 Å². The quantitative estimate of drug-likeness (QED) is 0.710. The molecule has 1 fully saturated rings. The molecule has 2 N–H and O–H groups in total. The second-order valence-corrected chi connectivity index (χ2v) is 7.47. The summed E-state index contributed by atoms with van der Waals surface area (Å²) in [6.45, 7) is 3.54. The highest BCUT2D eigenvalue weighted by Crippen LogP contribution is 2.10. The molecule has 1 aliphatic heterocycles. The zero-order valence-corrected chi connectivity index (χ0v) is 13.0. The molecule has 0 spiro atoms. The lowest BCUT2D eigenvalue weighted by molar-refractivity contribution is -0.884. The minimum Gasteiger partial charge on any atom is -0.335 e. The summed E-state index contributed by atoms with van der Waals surface area (Å²) in [4.78, 5) is 13.5. The third-order valence-electron chi connectivity index (χ3n) is 3.60. The van der Waals surface area contributed by atoms with Gasteiger partial charge in [-0.15, -0.1) is 0 Å². The van der Waals surface area contributed by atoms with Crippen LogP contribution >= 0.6 is 0 Å². The van der Waals surface area contributed by atoms with Gasteiger partial charge in [0.25, 0.3) is 0 Å². The number of likely N-dealkylation sites (N-methyl/N-ethyl adjacent to an activating group) is 1. The van der Waals surface area contributed by atoms with Gasteiger partial charge in [0.15, 0.2) is 9.84 Å². The van der Waals surface area contributed by atoms with Gasteiger partial charge in [0.2, 0.25) is 5.91 Å². The molecule has 0 atom stereocenters. The Morgan fingerprint density at radius 1 is 1.24 bits per heavy atom. The molecule has 21 heavy (non-hydrogen) atoms. The summed E-state index contributed by atoms with van der Waals surface area (Å²) in [6, 6.07) is 8.23. The number of benzene rings is 1. The topological polar surface area (TPSA) is 70.9 Å². The van der Waals surface area contributed by atoms with Crippen LogP contribution in [-0.2, 0) is 14.6 Å². The van der Waals surface area contributed by atoms with Gasteiger partial charge in [0.05, 0.1) is 43.9 Å². The van der Waals surface area contributed by atoms with Crippen molar-refractivity contribution in [2.24, 2.45) is 0 Å². The van der Waals surface area contributed by atoms with Gasteiger partial charge in [-0.1, -0.05) is 18.2 Å². The first-order chi connectivity index (χ1) is 9.97. The van der Waals surface area contributed by atoms with Crippen LogP contribution in [0.5, 0.6) is 0 Å². The van der Waals surface area contributed by atoms with E-state index in [1.165, 1.54) is 4.90 Å². The Morgan fingerprint density at radius 2 is 1.86 bits per heavy atom. The number of piperazine rings is 1. The van der Waals surface area contributed by atoms with Crippen molar-refractivity contribution in [3.8, 4) is 0 Å². The van der Waals surface area contributed by atoms with E-state index >= 15 is 0 Å². The molecule has 6 nitrogen and oxygen atoms in total. The molecular formula is C14H22N3O3S+. The van der Waals surface area contributed by atoms with Crippen LogP contribution in [-0.4, -0.2) is 58.3 Å². The van der Waals surface area contributed by atoms with Crippen molar-refractivity contribution in [3.05, 3.63) is 30.3 Å². The Kier molecular flexibility index (Phi) is 5.33. The number of hydrogen-bond acceptors (Lipinski definition) is 4. The SMILES string of the molecule is C[NH+]1CCN(NC(=O)CCS(=O)(=O)c2ccccc2)CC1. The lowest BCUT2D eigenvalue weighted by atomic mass is 10.4. The number of hydrogen-bond donors (Lipinski definition) is 2. The van der Waals surface area contributed by atoms with E-state index in [1.54, 1.807) is 30.3 Å². The molecule has 1 heterocycles. The van der Waals surface area contributed by atoms with Crippen molar-refractivity contribution < 1.29 is 18.1 Å². The van der Waals surface area contributed by atoms with E-state index in [2.05, 4.69) is 12.5 Å². The van der Waals surface area contributed by atoms with E-state index < -0.39 is 9.84 Å². The zero-order valence-electron chi connectivity index (χ0n) is 12.2. The van der Waals surface area contributed by atoms with Gasteiger partial charge >= 0.3 is 0 Å². The maximum Gasteiger partial charge on any atom is 0.235 e. The van der Waals surface area contributed by atoms with Gasteiger partial charge in [-0.25, -0.2) is 13.4 Å². The van der Waals surface area contributed by atoms with E-state index in [-0.39, 0.29) is 23.0 Å². The Morgan fingerprint density at radius 3 is 2.48 bits per heavy atom. The molecule has 0 unspecified atom stereocenters. The predicted molar refractivity (Wildman–Crippen MR) is 79.4 cm³/mol. The number of nitrogens with zero attached hydrogens (tertiary/aromatic N) is 1. The highest BCUT2D eigenvalue weighted by Gasteiger charge is 2.20. The van der Waals surface area contributed by atoms with Gasteiger partial charge in [0.1, 0.15) is 0 Å². The normalized spacial score (nSPS) is 17.6. The van der Waals surface area contributed by atoms with Crippen molar-refractivity contribution in [2.45, 2.75) is 11.3 Å². The predicted octanol–water partition coefficient (Wildman–Crippen LogP) is -1.29. The highest BCUT2D eigenvalue weighted by molar-refractivity contribution is 7.91. The molecule has 116 valence electrons. The number of quaternary nitrogens is 1. The standard InChI is InChI=1S/C14H21N3O3S/c1-16-8-10-17(11-9-16)15-14(18)7-12-21(19,20)13-5-3-2-4-6-13/h2-6H,7-12H2,1H3,(H,15,18)/p+1. The number of rotatable bonds is 5. The second-order valence-electron chi connectivity index (χ2n) is 5.36. The van der Waals surface area contributed by atoms with Crippen LogP contribution in [0.2, 0.25) is 0 Å². The van der Waals surface area contributed by atoms with E-state index in [0.717, 1.165) is 26.2 Å².